The van der Waals surface area contributed by atoms with Crippen molar-refractivity contribution in [1.82, 2.24) is 0 Å². The van der Waals surface area contributed by atoms with Gasteiger partial charge in [-0.05, 0) is 80.5 Å². The van der Waals surface area contributed by atoms with Crippen molar-refractivity contribution in [2.24, 2.45) is 0 Å². The molecular formula is C26H29N2O3+. The second-order valence-corrected chi connectivity index (χ2v) is 9.31. The van der Waals surface area contributed by atoms with Gasteiger partial charge in [0, 0.05) is 30.9 Å². The molecule has 0 atom stereocenters. The quantitative estimate of drug-likeness (QED) is 0.594. The second kappa shape index (κ2) is 7.26. The van der Waals surface area contributed by atoms with Gasteiger partial charge in [0.1, 0.15) is 7.05 Å². The monoisotopic (exact) mass is 417 g/mol. The molecule has 3 aliphatic rings. The highest BCUT2D eigenvalue weighted by Crippen LogP contribution is 2.48. The van der Waals surface area contributed by atoms with E-state index in [2.05, 4.69) is 47.6 Å². The first-order valence-corrected chi connectivity index (χ1v) is 11.1. The maximum Gasteiger partial charge on any atom is 0.298 e. The molecule has 31 heavy (non-hydrogen) atoms. The van der Waals surface area contributed by atoms with Crippen LogP contribution in [0.3, 0.4) is 0 Å². The molecular weight excluding hydrogens is 388 g/mol. The van der Waals surface area contributed by atoms with Crippen LogP contribution in [0.1, 0.15) is 48.9 Å². The summed E-state index contributed by atoms with van der Waals surface area (Å²) in [5, 5.41) is 10.8. The number of phenolic OH excluding ortho intramolecular Hbond substituents is 1. The Bertz CT molecular complexity index is 1110. The van der Waals surface area contributed by atoms with Crippen LogP contribution >= 0.6 is 0 Å². The fourth-order valence-corrected chi connectivity index (χ4v) is 5.70. The first kappa shape index (κ1) is 19.9. The van der Waals surface area contributed by atoms with Gasteiger partial charge < -0.3 is 14.7 Å². The SMILES string of the molecule is C[N+]1=C(C=Cc2cc3c4c(c2)CCCN4CCC3)C(C)(C)c2c1ccc(OC=O)c2O. The summed E-state index contributed by atoms with van der Waals surface area (Å²) < 4.78 is 7.08. The molecule has 0 saturated heterocycles. The van der Waals surface area contributed by atoms with E-state index >= 15 is 0 Å². The van der Waals surface area contributed by atoms with Crippen molar-refractivity contribution < 1.29 is 19.2 Å². The molecule has 2 aromatic carbocycles. The Morgan fingerprint density at radius 3 is 2.42 bits per heavy atom. The molecule has 3 heterocycles. The topological polar surface area (TPSA) is 52.8 Å². The fourth-order valence-electron chi connectivity index (χ4n) is 5.70. The minimum absolute atomic E-state index is 0.0307. The summed E-state index contributed by atoms with van der Waals surface area (Å²) in [5.74, 6) is 0.224. The van der Waals surface area contributed by atoms with Gasteiger partial charge in [-0.1, -0.05) is 0 Å². The van der Waals surface area contributed by atoms with Gasteiger partial charge in [0.25, 0.3) is 6.47 Å². The molecule has 0 aliphatic carbocycles. The van der Waals surface area contributed by atoms with Gasteiger partial charge >= 0.3 is 0 Å². The van der Waals surface area contributed by atoms with Crippen molar-refractivity contribution in [2.75, 3.05) is 25.0 Å². The second-order valence-electron chi connectivity index (χ2n) is 9.31. The van der Waals surface area contributed by atoms with Gasteiger partial charge in [-0.2, -0.15) is 4.58 Å². The lowest BCUT2D eigenvalue weighted by molar-refractivity contribution is -0.401. The van der Waals surface area contributed by atoms with Gasteiger partial charge in [-0.15, -0.1) is 0 Å². The zero-order valence-corrected chi connectivity index (χ0v) is 18.4. The predicted octanol–water partition coefficient (Wildman–Crippen LogP) is 4.35. The van der Waals surface area contributed by atoms with Gasteiger partial charge in [0.2, 0.25) is 5.69 Å². The Morgan fingerprint density at radius 2 is 1.77 bits per heavy atom. The molecule has 0 aromatic heterocycles. The minimum Gasteiger partial charge on any atom is -0.504 e. The number of nitrogens with zero attached hydrogens (tertiary/aromatic N) is 2. The molecule has 0 saturated carbocycles. The number of aromatic hydroxyl groups is 1. The van der Waals surface area contributed by atoms with E-state index in [1.54, 1.807) is 6.07 Å². The van der Waals surface area contributed by atoms with E-state index in [1.165, 1.54) is 48.3 Å². The van der Waals surface area contributed by atoms with Crippen molar-refractivity contribution in [3.8, 4) is 11.5 Å². The Hall–Kier alpha value is -3.08. The number of fused-ring (bicyclic) bond motifs is 1. The molecule has 0 bridgehead atoms. The smallest absolute Gasteiger partial charge is 0.298 e. The van der Waals surface area contributed by atoms with E-state index in [9.17, 15) is 9.90 Å². The highest BCUT2D eigenvalue weighted by molar-refractivity contribution is 6.06. The van der Waals surface area contributed by atoms with Crippen LogP contribution in [-0.2, 0) is 23.1 Å². The number of rotatable bonds is 4. The van der Waals surface area contributed by atoms with Crippen LogP contribution in [0, 0.1) is 0 Å². The van der Waals surface area contributed by atoms with E-state index < -0.39 is 5.41 Å². The standard InChI is InChI=1S/C26H28N2O3/c1-26(2)22(27(3)20-9-10-21(31-16-29)25(30)23(20)26)11-8-17-14-18-6-4-12-28-13-5-7-19(15-17)24(18)28/h8-11,14-16H,4-7,12-13H2,1-3H3/p+1. The summed E-state index contributed by atoms with van der Waals surface area (Å²) in [5.41, 5.74) is 8.05. The lowest BCUT2D eigenvalue weighted by Gasteiger charge is -2.37. The molecule has 0 amide bonds. The number of ether oxygens (including phenoxy) is 1. The number of carbonyl (C=O) groups is 1. The minimum atomic E-state index is -0.424. The number of phenols is 1. The number of hydrogen-bond acceptors (Lipinski definition) is 4. The molecule has 160 valence electrons. The van der Waals surface area contributed by atoms with E-state index in [0.717, 1.165) is 29.8 Å². The summed E-state index contributed by atoms with van der Waals surface area (Å²) in [7, 11) is 2.02. The first-order chi connectivity index (χ1) is 14.9. The van der Waals surface area contributed by atoms with Crippen molar-refractivity contribution in [3.63, 3.8) is 0 Å². The van der Waals surface area contributed by atoms with Crippen LogP contribution in [0.4, 0.5) is 11.4 Å². The van der Waals surface area contributed by atoms with Gasteiger partial charge in [0.05, 0.1) is 11.0 Å². The largest absolute Gasteiger partial charge is 0.504 e. The summed E-state index contributed by atoms with van der Waals surface area (Å²) >= 11 is 0. The Balaban J connectivity index is 1.52. The van der Waals surface area contributed by atoms with Gasteiger partial charge in [-0.25, -0.2) is 0 Å². The molecule has 0 unspecified atom stereocenters. The fraction of sp³-hybridized carbons (Fsp3) is 0.385. The summed E-state index contributed by atoms with van der Waals surface area (Å²) in [6.07, 6.45) is 9.13. The first-order valence-electron chi connectivity index (χ1n) is 11.1. The maximum atomic E-state index is 10.8. The molecule has 2 aromatic rings. The number of allylic oxidation sites excluding steroid dienone is 1. The van der Waals surface area contributed by atoms with Gasteiger partial charge in [-0.3, -0.25) is 4.79 Å². The van der Waals surface area contributed by atoms with Crippen LogP contribution in [-0.4, -0.2) is 42.0 Å². The number of benzene rings is 2. The highest BCUT2D eigenvalue weighted by atomic mass is 16.5. The van der Waals surface area contributed by atoms with Crippen molar-refractivity contribution >= 4 is 29.6 Å². The average Bonchev–Trinajstić information content (AvgIpc) is 2.94. The third kappa shape index (κ3) is 3.06. The molecule has 5 rings (SSSR count). The number of anilines is 1. The van der Waals surface area contributed by atoms with E-state index in [4.69, 9.17) is 4.74 Å². The third-order valence-electron chi connectivity index (χ3n) is 7.07. The number of hydrogen-bond donors (Lipinski definition) is 1. The van der Waals surface area contributed by atoms with Crippen molar-refractivity contribution in [2.45, 2.75) is 44.9 Å². The van der Waals surface area contributed by atoms with E-state index in [-0.39, 0.29) is 11.5 Å². The molecule has 1 N–H and O–H groups in total. The summed E-state index contributed by atoms with van der Waals surface area (Å²) in [6, 6.07) is 8.22. The van der Waals surface area contributed by atoms with E-state index in [1.807, 2.05) is 13.1 Å². The molecule has 0 fully saturated rings. The zero-order chi connectivity index (χ0) is 21.8. The molecule has 0 spiro atoms. The van der Waals surface area contributed by atoms with Crippen molar-refractivity contribution in [3.05, 3.63) is 52.6 Å². The van der Waals surface area contributed by atoms with Crippen LogP contribution in [0.2, 0.25) is 0 Å². The molecule has 0 radical (unpaired) electrons. The Morgan fingerprint density at radius 1 is 1.10 bits per heavy atom. The number of carbonyl (C=O) groups excluding carboxylic acids is 1. The lowest BCUT2D eigenvalue weighted by Crippen LogP contribution is -2.34. The highest BCUT2D eigenvalue weighted by Gasteiger charge is 2.46. The Labute approximate surface area is 183 Å². The predicted molar refractivity (Wildman–Crippen MR) is 123 cm³/mol. The molecule has 5 heteroatoms. The van der Waals surface area contributed by atoms with Gasteiger partial charge in [0.15, 0.2) is 17.2 Å². The number of aryl methyl sites for hydroxylation is 2. The molecule has 5 nitrogen and oxygen atoms in total. The normalized spacial score (nSPS) is 18.9. The Kier molecular flexibility index (Phi) is 4.65. The lowest BCUT2D eigenvalue weighted by atomic mass is 9.80. The zero-order valence-electron chi connectivity index (χ0n) is 18.4. The third-order valence-corrected chi connectivity index (χ3v) is 7.07. The van der Waals surface area contributed by atoms with Crippen LogP contribution in [0.15, 0.2) is 30.3 Å². The van der Waals surface area contributed by atoms with Crippen molar-refractivity contribution in [1.29, 1.82) is 0 Å². The van der Waals surface area contributed by atoms with E-state index in [0.29, 0.717) is 6.47 Å². The van der Waals surface area contributed by atoms with Crippen LogP contribution in [0.25, 0.3) is 6.08 Å². The summed E-state index contributed by atoms with van der Waals surface area (Å²) in [4.78, 5) is 13.4. The average molecular weight is 418 g/mol. The maximum absolute atomic E-state index is 10.8. The molecule has 3 aliphatic heterocycles. The van der Waals surface area contributed by atoms with Crippen LogP contribution < -0.4 is 9.64 Å². The summed E-state index contributed by atoms with van der Waals surface area (Å²) in [6.45, 7) is 6.90. The van der Waals surface area contributed by atoms with Crippen LogP contribution in [0.5, 0.6) is 11.5 Å².